The number of nitrogens with one attached hydrogen (secondary N) is 2. The van der Waals surface area contributed by atoms with Crippen LogP contribution in [0.2, 0.25) is 0 Å². The normalized spacial score (nSPS) is 20.4. The van der Waals surface area contributed by atoms with Gasteiger partial charge in [-0.2, -0.15) is 0 Å². The first kappa shape index (κ1) is 14.1. The topological polar surface area (TPSA) is 24.1 Å². The molecular formula is C11H28N2Si. The van der Waals surface area contributed by atoms with Gasteiger partial charge in [0.1, 0.15) is 0 Å². The SMILES string of the molecule is CCNC(C)C([SiH3])(NCC)C(C)CC. The molecule has 0 aromatic rings. The molecule has 0 saturated carbocycles. The molecule has 0 aromatic heterocycles. The molecule has 0 rings (SSSR count). The summed E-state index contributed by atoms with van der Waals surface area (Å²) in [5.74, 6) is 0.753. The summed E-state index contributed by atoms with van der Waals surface area (Å²) in [6.07, 6.45) is 1.26. The fourth-order valence-electron chi connectivity index (χ4n) is 2.08. The van der Waals surface area contributed by atoms with Gasteiger partial charge in [-0.15, -0.1) is 0 Å². The first-order chi connectivity index (χ1) is 6.52. The summed E-state index contributed by atoms with van der Waals surface area (Å²) in [5, 5.41) is 7.60. The highest BCUT2D eigenvalue weighted by Gasteiger charge is 2.34. The quantitative estimate of drug-likeness (QED) is 0.612. The van der Waals surface area contributed by atoms with Gasteiger partial charge in [0.15, 0.2) is 0 Å². The second kappa shape index (κ2) is 6.59. The monoisotopic (exact) mass is 216 g/mol. The maximum atomic E-state index is 3.69. The van der Waals surface area contributed by atoms with Crippen molar-refractivity contribution in [2.75, 3.05) is 13.1 Å². The van der Waals surface area contributed by atoms with E-state index >= 15 is 0 Å². The molecular weight excluding hydrogens is 188 g/mol. The highest BCUT2D eigenvalue weighted by molar-refractivity contribution is 6.16. The summed E-state index contributed by atoms with van der Waals surface area (Å²) >= 11 is 0. The lowest BCUT2D eigenvalue weighted by molar-refractivity contribution is 0.255. The lowest BCUT2D eigenvalue weighted by Gasteiger charge is -2.42. The van der Waals surface area contributed by atoms with Crippen LogP contribution < -0.4 is 10.6 Å². The molecule has 2 nitrogen and oxygen atoms in total. The zero-order valence-corrected chi connectivity index (χ0v) is 12.8. The third-order valence-corrected chi connectivity index (χ3v) is 5.81. The van der Waals surface area contributed by atoms with E-state index < -0.39 is 0 Å². The molecule has 0 saturated heterocycles. The smallest absolute Gasteiger partial charge is 0.0304 e. The summed E-state index contributed by atoms with van der Waals surface area (Å²) < 4.78 is 0. The molecule has 0 aliphatic heterocycles. The van der Waals surface area contributed by atoms with Gasteiger partial charge in [-0.1, -0.05) is 34.1 Å². The van der Waals surface area contributed by atoms with E-state index in [0.29, 0.717) is 11.2 Å². The van der Waals surface area contributed by atoms with Crippen LogP contribution in [0.25, 0.3) is 0 Å². The van der Waals surface area contributed by atoms with Gasteiger partial charge in [-0.05, 0) is 25.9 Å². The minimum absolute atomic E-state index is 0.347. The zero-order chi connectivity index (χ0) is 11.2. The molecule has 2 N–H and O–H groups in total. The van der Waals surface area contributed by atoms with E-state index in [4.69, 9.17) is 0 Å². The molecule has 0 amide bonds. The minimum Gasteiger partial charge on any atom is -0.313 e. The maximum Gasteiger partial charge on any atom is 0.0304 e. The zero-order valence-electron chi connectivity index (χ0n) is 10.8. The molecule has 0 fully saturated rings. The van der Waals surface area contributed by atoms with Gasteiger partial charge in [-0.25, -0.2) is 0 Å². The van der Waals surface area contributed by atoms with Crippen molar-refractivity contribution in [2.45, 2.75) is 52.2 Å². The third-order valence-electron chi connectivity index (χ3n) is 3.60. The molecule has 3 heteroatoms. The average Bonchev–Trinajstić information content (AvgIpc) is 2.17. The Hall–Kier alpha value is 0.137. The van der Waals surface area contributed by atoms with Gasteiger partial charge < -0.3 is 10.6 Å². The van der Waals surface area contributed by atoms with Gasteiger partial charge in [0.25, 0.3) is 0 Å². The van der Waals surface area contributed by atoms with Crippen molar-refractivity contribution in [3.63, 3.8) is 0 Å². The Morgan fingerprint density at radius 2 is 1.71 bits per heavy atom. The number of hydrogen-bond donors (Lipinski definition) is 2. The second-order valence-electron chi connectivity index (χ2n) is 4.40. The first-order valence-corrected chi connectivity index (χ1v) is 7.01. The number of rotatable bonds is 7. The molecule has 0 aliphatic rings. The fraction of sp³-hybridized carbons (Fsp3) is 1.00. The fourth-order valence-corrected chi connectivity index (χ4v) is 3.04. The Labute approximate surface area is 92.7 Å². The van der Waals surface area contributed by atoms with Crippen molar-refractivity contribution in [3.05, 3.63) is 0 Å². The molecule has 0 spiro atoms. The molecule has 0 heterocycles. The van der Waals surface area contributed by atoms with E-state index in [2.05, 4.69) is 45.3 Å². The Balaban J connectivity index is 4.51. The highest BCUT2D eigenvalue weighted by atomic mass is 28.1. The van der Waals surface area contributed by atoms with Crippen LogP contribution >= 0.6 is 0 Å². The summed E-state index contributed by atoms with van der Waals surface area (Å²) in [7, 11) is 1.20. The molecule has 3 atom stereocenters. The van der Waals surface area contributed by atoms with E-state index in [9.17, 15) is 0 Å². The Kier molecular flexibility index (Phi) is 6.65. The van der Waals surface area contributed by atoms with E-state index in [1.54, 1.807) is 0 Å². The van der Waals surface area contributed by atoms with Gasteiger partial charge in [0, 0.05) is 21.4 Å². The summed E-state index contributed by atoms with van der Waals surface area (Å²) in [6, 6.07) is 0.578. The third kappa shape index (κ3) is 3.37. The van der Waals surface area contributed by atoms with Crippen LogP contribution in [0.15, 0.2) is 0 Å². The van der Waals surface area contributed by atoms with Crippen molar-refractivity contribution in [3.8, 4) is 0 Å². The summed E-state index contributed by atoms with van der Waals surface area (Å²) in [6.45, 7) is 13.5. The van der Waals surface area contributed by atoms with Gasteiger partial charge >= 0.3 is 0 Å². The molecule has 3 unspecified atom stereocenters. The molecule has 0 bridgehead atoms. The molecule has 0 aromatic carbocycles. The van der Waals surface area contributed by atoms with Crippen molar-refractivity contribution >= 4 is 10.2 Å². The van der Waals surface area contributed by atoms with Crippen LogP contribution in [0.5, 0.6) is 0 Å². The van der Waals surface area contributed by atoms with E-state index in [1.165, 1.54) is 16.7 Å². The summed E-state index contributed by atoms with van der Waals surface area (Å²) in [5.41, 5.74) is 0. The van der Waals surface area contributed by atoms with Gasteiger partial charge in [0.2, 0.25) is 0 Å². The largest absolute Gasteiger partial charge is 0.313 e. The van der Waals surface area contributed by atoms with Crippen LogP contribution in [-0.4, -0.2) is 34.5 Å². The first-order valence-electron chi connectivity index (χ1n) is 6.01. The Bertz CT molecular complexity index is 152. The molecule has 86 valence electrons. The van der Waals surface area contributed by atoms with Crippen LogP contribution in [0, 0.1) is 5.92 Å². The minimum atomic E-state index is 0.347. The highest BCUT2D eigenvalue weighted by Crippen LogP contribution is 2.21. The van der Waals surface area contributed by atoms with Gasteiger partial charge in [-0.3, -0.25) is 0 Å². The summed E-state index contributed by atoms with van der Waals surface area (Å²) in [4.78, 5) is 0. The number of hydrogen-bond acceptors (Lipinski definition) is 2. The van der Waals surface area contributed by atoms with Crippen LogP contribution in [-0.2, 0) is 0 Å². The predicted molar refractivity (Wildman–Crippen MR) is 68.9 cm³/mol. The Morgan fingerprint density at radius 1 is 1.14 bits per heavy atom. The van der Waals surface area contributed by atoms with Crippen molar-refractivity contribution in [2.24, 2.45) is 5.92 Å². The lowest BCUT2D eigenvalue weighted by Crippen LogP contribution is -2.62. The van der Waals surface area contributed by atoms with Crippen LogP contribution in [0.3, 0.4) is 0 Å². The molecule has 14 heavy (non-hydrogen) atoms. The van der Waals surface area contributed by atoms with Crippen molar-refractivity contribution in [1.29, 1.82) is 0 Å². The van der Waals surface area contributed by atoms with E-state index in [1.807, 2.05) is 0 Å². The molecule has 0 aliphatic carbocycles. The predicted octanol–water partition coefficient (Wildman–Crippen LogP) is 0.702. The van der Waals surface area contributed by atoms with E-state index in [-0.39, 0.29) is 0 Å². The average molecular weight is 216 g/mol. The van der Waals surface area contributed by atoms with Gasteiger partial charge in [0.05, 0.1) is 0 Å². The van der Waals surface area contributed by atoms with Crippen LogP contribution in [0.1, 0.15) is 41.0 Å². The second-order valence-corrected chi connectivity index (χ2v) is 6.06. The van der Waals surface area contributed by atoms with Crippen molar-refractivity contribution < 1.29 is 0 Å². The maximum absolute atomic E-state index is 3.69. The van der Waals surface area contributed by atoms with E-state index in [0.717, 1.165) is 19.0 Å². The lowest BCUT2D eigenvalue weighted by atomic mass is 9.92. The van der Waals surface area contributed by atoms with Crippen molar-refractivity contribution in [1.82, 2.24) is 10.6 Å². The van der Waals surface area contributed by atoms with Crippen LogP contribution in [0.4, 0.5) is 0 Å². The molecule has 0 radical (unpaired) electrons. The number of likely N-dealkylation sites (N-methyl/N-ethyl adjacent to an activating group) is 2. The standard InChI is InChI=1S/C11H28N2Si/c1-6-9(4)11(14,13-8-3)10(5)12-7-2/h9-10,12-13H,6-8H2,1-5,14H3. The Morgan fingerprint density at radius 3 is 2.07 bits per heavy atom.